The van der Waals surface area contributed by atoms with Crippen LogP contribution in [0.15, 0.2) is 78.2 Å². The molecule has 11 heteroatoms. The average Bonchev–Trinajstić information content (AvgIpc) is 3.21. The van der Waals surface area contributed by atoms with Crippen LogP contribution in [0.5, 0.6) is 17.2 Å². The van der Waals surface area contributed by atoms with Gasteiger partial charge in [-0.15, -0.1) is 0 Å². The Kier molecular flexibility index (Phi) is 7.37. The number of pyridine rings is 1. The van der Waals surface area contributed by atoms with Crippen LogP contribution >= 0.6 is 11.6 Å². The van der Waals surface area contributed by atoms with Crippen LogP contribution < -0.4 is 30.6 Å². The molecule has 2 aromatic heterocycles. The third-order valence-electron chi connectivity index (χ3n) is 7.08. The van der Waals surface area contributed by atoms with Crippen molar-refractivity contribution in [1.82, 2.24) is 15.0 Å². The molecule has 5 aromatic rings. The molecule has 1 aliphatic heterocycles. The van der Waals surface area contributed by atoms with Crippen LogP contribution in [-0.4, -0.2) is 42.0 Å². The van der Waals surface area contributed by atoms with Gasteiger partial charge in [0, 0.05) is 40.0 Å². The number of anilines is 4. The lowest BCUT2D eigenvalue weighted by Crippen LogP contribution is -2.15. The predicted molar refractivity (Wildman–Crippen MR) is 166 cm³/mol. The number of nitrogen functional groups attached to an aromatic ring is 1. The van der Waals surface area contributed by atoms with Crippen molar-refractivity contribution in [3.05, 3.63) is 89.3 Å². The van der Waals surface area contributed by atoms with E-state index in [2.05, 4.69) is 37.7 Å². The molecule has 3 aromatic carbocycles. The zero-order valence-corrected chi connectivity index (χ0v) is 23.9. The number of nitrogens with two attached hydrogens (primary N) is 1. The fourth-order valence-corrected chi connectivity index (χ4v) is 5.21. The third-order valence-corrected chi connectivity index (χ3v) is 7.31. The number of benzene rings is 3. The molecule has 0 spiro atoms. The van der Waals surface area contributed by atoms with E-state index in [4.69, 9.17) is 36.5 Å². The average molecular weight is 582 g/mol. The van der Waals surface area contributed by atoms with E-state index in [1.165, 1.54) is 6.33 Å². The van der Waals surface area contributed by atoms with E-state index in [0.717, 1.165) is 39.1 Å². The smallest absolute Gasteiger partial charge is 0.203 e. The summed E-state index contributed by atoms with van der Waals surface area (Å²) in [4.78, 5) is 18.0. The lowest BCUT2D eigenvalue weighted by molar-refractivity contribution is 0.324. The zero-order valence-electron chi connectivity index (χ0n) is 23.2. The number of rotatable bonds is 7. The first kappa shape index (κ1) is 27.1. The van der Waals surface area contributed by atoms with Crippen molar-refractivity contribution in [2.75, 3.05) is 37.7 Å². The molecule has 1 aliphatic rings. The standard InChI is InChI=1S/C31H28ClN7O3/c1-40-26-12-18(13-27(41-2)29(26)42-3)24-15-23(39-31-28(38-24)30(33)35-16-36-31)17-5-4-6-20(11-17)37-22-9-10-34-25-14-19(32)7-8-21(22)25/h4-14,16,23H,15H2,1-3H3,(H,34,37)(H3,33,35,36,39). The minimum Gasteiger partial charge on any atom is -0.493 e. The quantitative estimate of drug-likeness (QED) is 0.192. The number of fused-ring (bicyclic) bond motifs is 2. The van der Waals surface area contributed by atoms with Gasteiger partial charge >= 0.3 is 0 Å². The molecule has 0 saturated heterocycles. The monoisotopic (exact) mass is 581 g/mol. The van der Waals surface area contributed by atoms with Crippen LogP contribution in [-0.2, 0) is 0 Å². The molecular weight excluding hydrogens is 554 g/mol. The Morgan fingerprint density at radius 3 is 2.50 bits per heavy atom. The molecule has 0 amide bonds. The van der Waals surface area contributed by atoms with Crippen LogP contribution in [0.25, 0.3) is 10.9 Å². The summed E-state index contributed by atoms with van der Waals surface area (Å²) in [6.07, 6.45) is 3.70. The van der Waals surface area contributed by atoms with Gasteiger partial charge in [0.05, 0.1) is 38.6 Å². The number of nitrogens with one attached hydrogen (secondary N) is 2. The topological polar surface area (TPSA) is 129 Å². The van der Waals surface area contributed by atoms with Crippen LogP contribution in [0.3, 0.4) is 0 Å². The van der Waals surface area contributed by atoms with Crippen molar-refractivity contribution in [3.8, 4) is 17.2 Å². The molecule has 6 rings (SSSR count). The van der Waals surface area contributed by atoms with Crippen LogP contribution in [0.2, 0.25) is 5.02 Å². The summed E-state index contributed by atoms with van der Waals surface area (Å²) in [5, 5.41) is 8.69. The Bertz CT molecular complexity index is 1800. The van der Waals surface area contributed by atoms with Gasteiger partial charge in [-0.25, -0.2) is 15.0 Å². The molecule has 212 valence electrons. The summed E-state index contributed by atoms with van der Waals surface area (Å²) in [6.45, 7) is 0. The fourth-order valence-electron chi connectivity index (χ4n) is 5.05. The first-order chi connectivity index (χ1) is 20.5. The molecule has 0 aliphatic carbocycles. The number of methoxy groups -OCH3 is 3. The maximum Gasteiger partial charge on any atom is 0.203 e. The molecular formula is C31H28ClN7O3. The maximum absolute atomic E-state index is 6.27. The minimum atomic E-state index is -0.201. The zero-order chi connectivity index (χ0) is 29.2. The second-order valence-corrected chi connectivity index (χ2v) is 10.0. The highest BCUT2D eigenvalue weighted by Crippen LogP contribution is 2.42. The van der Waals surface area contributed by atoms with Crippen molar-refractivity contribution in [3.63, 3.8) is 0 Å². The molecule has 3 heterocycles. The van der Waals surface area contributed by atoms with Crippen LogP contribution in [0.4, 0.5) is 28.7 Å². The number of aliphatic imine (C=N–C) groups is 1. The second kappa shape index (κ2) is 11.4. The molecule has 10 nitrogen and oxygen atoms in total. The van der Waals surface area contributed by atoms with Gasteiger partial charge in [-0.05, 0) is 54.1 Å². The minimum absolute atomic E-state index is 0.201. The normalized spacial score (nSPS) is 14.3. The summed E-state index contributed by atoms with van der Waals surface area (Å²) in [5.74, 6) is 2.37. The molecule has 0 radical (unpaired) electrons. The highest BCUT2D eigenvalue weighted by molar-refractivity contribution is 6.31. The first-order valence-electron chi connectivity index (χ1n) is 13.1. The first-order valence-corrected chi connectivity index (χ1v) is 13.5. The fraction of sp³-hybridized carbons (Fsp3) is 0.161. The van der Waals surface area contributed by atoms with E-state index in [1.54, 1.807) is 27.5 Å². The number of nitrogens with zero attached hydrogens (tertiary/aromatic N) is 4. The number of hydrogen-bond donors (Lipinski definition) is 3. The highest BCUT2D eigenvalue weighted by Gasteiger charge is 2.25. The molecule has 0 fully saturated rings. The van der Waals surface area contributed by atoms with Gasteiger partial charge in [-0.1, -0.05) is 23.7 Å². The second-order valence-electron chi connectivity index (χ2n) is 9.60. The van der Waals surface area contributed by atoms with Crippen LogP contribution in [0, 0.1) is 0 Å². The SMILES string of the molecule is COc1cc(C2=Nc3c(N)ncnc3NC(c3cccc(Nc4ccnc5cc(Cl)ccc45)c3)C2)cc(OC)c1OC. The van der Waals surface area contributed by atoms with Crippen LogP contribution in [0.1, 0.15) is 23.6 Å². The van der Waals surface area contributed by atoms with E-state index >= 15 is 0 Å². The van der Waals surface area contributed by atoms with E-state index in [9.17, 15) is 0 Å². The van der Waals surface area contributed by atoms with Crippen molar-refractivity contribution >= 4 is 56.9 Å². The van der Waals surface area contributed by atoms with Gasteiger partial charge in [-0.2, -0.15) is 0 Å². The summed E-state index contributed by atoms with van der Waals surface area (Å²) in [6, 6.07) is 19.4. The van der Waals surface area contributed by atoms with Crippen molar-refractivity contribution in [2.24, 2.45) is 4.99 Å². The predicted octanol–water partition coefficient (Wildman–Crippen LogP) is 6.71. The number of aromatic nitrogens is 3. The number of ether oxygens (including phenoxy) is 3. The van der Waals surface area contributed by atoms with Gasteiger partial charge < -0.3 is 30.6 Å². The van der Waals surface area contributed by atoms with Crippen molar-refractivity contribution in [1.29, 1.82) is 0 Å². The van der Waals surface area contributed by atoms with E-state index in [1.807, 2.05) is 48.5 Å². The summed E-state index contributed by atoms with van der Waals surface area (Å²) in [7, 11) is 4.74. The molecule has 42 heavy (non-hydrogen) atoms. The Morgan fingerprint density at radius 1 is 0.929 bits per heavy atom. The Labute approximate surface area is 247 Å². The Balaban J connectivity index is 1.40. The number of halogens is 1. The van der Waals surface area contributed by atoms with Gasteiger partial charge in [0.1, 0.15) is 12.0 Å². The third kappa shape index (κ3) is 5.19. The largest absolute Gasteiger partial charge is 0.493 e. The van der Waals surface area contributed by atoms with Gasteiger partial charge in [0.25, 0.3) is 0 Å². The van der Waals surface area contributed by atoms with E-state index < -0.39 is 0 Å². The summed E-state index contributed by atoms with van der Waals surface area (Å²) >= 11 is 6.19. The molecule has 0 bridgehead atoms. The van der Waals surface area contributed by atoms with Gasteiger partial charge in [0.2, 0.25) is 5.75 Å². The molecule has 1 unspecified atom stereocenters. The Morgan fingerprint density at radius 2 is 1.74 bits per heavy atom. The van der Waals surface area contributed by atoms with Gasteiger partial charge in [0.15, 0.2) is 23.1 Å². The maximum atomic E-state index is 6.27. The lowest BCUT2D eigenvalue weighted by Gasteiger charge is -2.20. The highest BCUT2D eigenvalue weighted by atomic mass is 35.5. The molecule has 1 atom stereocenters. The number of hydrogen-bond acceptors (Lipinski definition) is 10. The molecule has 4 N–H and O–H groups in total. The van der Waals surface area contributed by atoms with E-state index in [0.29, 0.717) is 40.2 Å². The van der Waals surface area contributed by atoms with E-state index in [-0.39, 0.29) is 11.9 Å². The Hall–Kier alpha value is -5.09. The summed E-state index contributed by atoms with van der Waals surface area (Å²) < 4.78 is 16.7. The molecule has 0 saturated carbocycles. The van der Waals surface area contributed by atoms with Gasteiger partial charge in [-0.3, -0.25) is 4.98 Å². The summed E-state index contributed by atoms with van der Waals surface area (Å²) in [5.41, 5.74) is 12.0. The van der Waals surface area contributed by atoms with Crippen molar-refractivity contribution < 1.29 is 14.2 Å². The lowest BCUT2D eigenvalue weighted by atomic mass is 9.96. The van der Waals surface area contributed by atoms with Crippen molar-refractivity contribution in [2.45, 2.75) is 12.5 Å².